The Balaban J connectivity index is 1.95. The molecule has 0 aliphatic carbocycles. The number of nitrogens with zero attached hydrogens (tertiary/aromatic N) is 3. The molecule has 2 rings (SSSR count). The van der Waals surface area contributed by atoms with E-state index in [0.29, 0.717) is 31.2 Å². The Hall–Kier alpha value is -2.11. The van der Waals surface area contributed by atoms with E-state index >= 15 is 0 Å². The smallest absolute Gasteiger partial charge is 0.269 e. The van der Waals surface area contributed by atoms with Crippen LogP contribution in [0, 0.1) is 5.92 Å². The molecule has 0 atom stereocenters. The number of carbonyl (C=O) groups excluding carboxylic acids is 2. The largest absolute Gasteiger partial charge is 0.368 e. The third-order valence-corrected chi connectivity index (χ3v) is 3.81. The van der Waals surface area contributed by atoms with Gasteiger partial charge in [0.05, 0.1) is 0 Å². The van der Waals surface area contributed by atoms with Gasteiger partial charge in [-0.1, -0.05) is 13.8 Å². The molecular weight excluding hydrogens is 280 g/mol. The first-order valence-corrected chi connectivity index (χ1v) is 7.78. The van der Waals surface area contributed by atoms with Gasteiger partial charge in [-0.2, -0.15) is 0 Å². The maximum atomic E-state index is 12.1. The summed E-state index contributed by atoms with van der Waals surface area (Å²) in [5.74, 6) is 0.433. The molecule has 2 amide bonds. The molecule has 1 aromatic heterocycles. The van der Waals surface area contributed by atoms with Gasteiger partial charge in [0.15, 0.2) is 0 Å². The number of rotatable bonds is 6. The van der Waals surface area contributed by atoms with Crippen molar-refractivity contribution in [1.29, 1.82) is 0 Å². The number of nitrogens with one attached hydrogen (secondary N) is 1. The van der Waals surface area contributed by atoms with Crippen molar-refractivity contribution in [2.45, 2.75) is 20.3 Å². The highest BCUT2D eigenvalue weighted by atomic mass is 16.2. The van der Waals surface area contributed by atoms with Crippen molar-refractivity contribution >= 4 is 18.0 Å². The minimum absolute atomic E-state index is 0.131. The van der Waals surface area contributed by atoms with Gasteiger partial charge in [-0.05, 0) is 24.5 Å². The first kappa shape index (κ1) is 16.3. The predicted molar refractivity (Wildman–Crippen MR) is 85.9 cm³/mol. The number of anilines is 1. The Kier molecular flexibility index (Phi) is 5.75. The average Bonchev–Trinajstić information content (AvgIpc) is 2.54. The van der Waals surface area contributed by atoms with Crippen LogP contribution in [-0.2, 0) is 4.79 Å². The third kappa shape index (κ3) is 4.44. The van der Waals surface area contributed by atoms with Crippen LogP contribution in [0.5, 0.6) is 0 Å². The van der Waals surface area contributed by atoms with E-state index in [0.717, 1.165) is 31.6 Å². The summed E-state index contributed by atoms with van der Waals surface area (Å²) < 4.78 is 0. The topological polar surface area (TPSA) is 65.5 Å². The second-order valence-corrected chi connectivity index (χ2v) is 5.97. The molecule has 1 aliphatic rings. The van der Waals surface area contributed by atoms with E-state index in [-0.39, 0.29) is 5.91 Å². The van der Waals surface area contributed by atoms with Gasteiger partial charge in [-0.3, -0.25) is 14.6 Å². The zero-order valence-electron chi connectivity index (χ0n) is 13.3. The summed E-state index contributed by atoms with van der Waals surface area (Å²) in [5, 5.41) is 2.90. The van der Waals surface area contributed by atoms with E-state index in [9.17, 15) is 9.59 Å². The number of aromatic nitrogens is 1. The van der Waals surface area contributed by atoms with Crippen LogP contribution in [0.1, 0.15) is 30.8 Å². The van der Waals surface area contributed by atoms with Crippen LogP contribution >= 0.6 is 0 Å². The molecule has 1 aromatic rings. The van der Waals surface area contributed by atoms with E-state index in [2.05, 4.69) is 29.0 Å². The van der Waals surface area contributed by atoms with Crippen molar-refractivity contribution in [2.24, 2.45) is 5.92 Å². The van der Waals surface area contributed by atoms with Crippen LogP contribution < -0.4 is 10.2 Å². The Morgan fingerprint density at radius 3 is 2.73 bits per heavy atom. The Labute approximate surface area is 131 Å². The second-order valence-electron chi connectivity index (χ2n) is 5.97. The summed E-state index contributed by atoms with van der Waals surface area (Å²) in [5.41, 5.74) is 1.42. The summed E-state index contributed by atoms with van der Waals surface area (Å²) >= 11 is 0. The zero-order chi connectivity index (χ0) is 15.9. The predicted octanol–water partition coefficient (Wildman–Crippen LogP) is 1.14. The lowest BCUT2D eigenvalue weighted by Crippen LogP contribution is -2.45. The van der Waals surface area contributed by atoms with E-state index < -0.39 is 0 Å². The lowest BCUT2D eigenvalue weighted by atomic mass is 10.1. The van der Waals surface area contributed by atoms with Crippen LogP contribution in [0.15, 0.2) is 18.3 Å². The quantitative estimate of drug-likeness (QED) is 0.800. The van der Waals surface area contributed by atoms with Gasteiger partial charge in [0, 0.05) is 44.6 Å². The molecule has 0 aromatic carbocycles. The molecule has 0 saturated carbocycles. The Morgan fingerprint density at radius 2 is 2.09 bits per heavy atom. The van der Waals surface area contributed by atoms with Gasteiger partial charge in [0.1, 0.15) is 5.69 Å². The number of pyridine rings is 1. The molecule has 6 heteroatoms. The van der Waals surface area contributed by atoms with Crippen LogP contribution in [0.25, 0.3) is 0 Å². The van der Waals surface area contributed by atoms with E-state index in [4.69, 9.17) is 0 Å². The van der Waals surface area contributed by atoms with E-state index in [1.165, 1.54) is 0 Å². The summed E-state index contributed by atoms with van der Waals surface area (Å²) in [4.78, 5) is 30.9. The summed E-state index contributed by atoms with van der Waals surface area (Å²) in [6, 6.07) is 3.72. The minimum Gasteiger partial charge on any atom is -0.368 e. The highest BCUT2D eigenvalue weighted by Gasteiger charge is 2.17. The number of hydrogen-bond acceptors (Lipinski definition) is 4. The fraction of sp³-hybridized carbons (Fsp3) is 0.562. The summed E-state index contributed by atoms with van der Waals surface area (Å²) in [6.45, 7) is 7.90. The molecule has 22 heavy (non-hydrogen) atoms. The molecule has 120 valence electrons. The molecular formula is C16H24N4O2. The maximum absolute atomic E-state index is 12.1. The molecule has 1 aliphatic heterocycles. The SMILES string of the molecule is CC(C)CCNC(=O)c1cc(N2CCN(C=O)CC2)ccn1. The van der Waals surface area contributed by atoms with Gasteiger partial charge in [-0.15, -0.1) is 0 Å². The minimum atomic E-state index is -0.131. The van der Waals surface area contributed by atoms with Gasteiger partial charge in [0.2, 0.25) is 6.41 Å². The molecule has 1 fully saturated rings. The molecule has 6 nitrogen and oxygen atoms in total. The lowest BCUT2D eigenvalue weighted by molar-refractivity contribution is -0.118. The normalized spacial score (nSPS) is 15.0. The number of amides is 2. The van der Waals surface area contributed by atoms with Crippen molar-refractivity contribution in [3.8, 4) is 0 Å². The molecule has 0 unspecified atom stereocenters. The third-order valence-electron chi connectivity index (χ3n) is 3.81. The average molecular weight is 304 g/mol. The van der Waals surface area contributed by atoms with Crippen LogP contribution in [0.2, 0.25) is 0 Å². The number of carbonyl (C=O) groups is 2. The summed E-state index contributed by atoms with van der Waals surface area (Å²) in [6.07, 6.45) is 3.51. The molecule has 0 radical (unpaired) electrons. The second kappa shape index (κ2) is 7.77. The fourth-order valence-electron chi connectivity index (χ4n) is 2.39. The van der Waals surface area contributed by atoms with Crippen LogP contribution in [0.4, 0.5) is 5.69 Å². The molecule has 0 bridgehead atoms. The molecule has 1 N–H and O–H groups in total. The summed E-state index contributed by atoms with van der Waals surface area (Å²) in [7, 11) is 0. The first-order valence-electron chi connectivity index (χ1n) is 7.78. The van der Waals surface area contributed by atoms with Crippen molar-refractivity contribution in [3.63, 3.8) is 0 Å². The van der Waals surface area contributed by atoms with Crippen molar-refractivity contribution in [3.05, 3.63) is 24.0 Å². The molecule has 2 heterocycles. The number of piperazine rings is 1. The first-order chi connectivity index (χ1) is 10.6. The highest BCUT2D eigenvalue weighted by Crippen LogP contribution is 2.16. The lowest BCUT2D eigenvalue weighted by Gasteiger charge is -2.34. The van der Waals surface area contributed by atoms with E-state index in [1.807, 2.05) is 12.1 Å². The fourth-order valence-corrected chi connectivity index (χ4v) is 2.39. The van der Waals surface area contributed by atoms with Crippen molar-refractivity contribution in [2.75, 3.05) is 37.6 Å². The maximum Gasteiger partial charge on any atom is 0.269 e. The monoisotopic (exact) mass is 304 g/mol. The van der Waals surface area contributed by atoms with Gasteiger partial charge >= 0.3 is 0 Å². The van der Waals surface area contributed by atoms with Gasteiger partial charge < -0.3 is 15.1 Å². The van der Waals surface area contributed by atoms with E-state index in [1.54, 1.807) is 11.1 Å². The standard InChI is InChI=1S/C16H24N4O2/c1-13(2)3-5-18-16(22)15-11-14(4-6-17-15)20-9-7-19(12-21)8-10-20/h4,6,11-13H,3,5,7-10H2,1-2H3,(H,18,22). The molecule has 0 spiro atoms. The van der Waals surface area contributed by atoms with Crippen molar-refractivity contribution in [1.82, 2.24) is 15.2 Å². The zero-order valence-corrected chi connectivity index (χ0v) is 13.3. The van der Waals surface area contributed by atoms with Crippen molar-refractivity contribution < 1.29 is 9.59 Å². The van der Waals surface area contributed by atoms with Gasteiger partial charge in [-0.25, -0.2) is 0 Å². The van der Waals surface area contributed by atoms with Crippen LogP contribution in [-0.4, -0.2) is 54.9 Å². The van der Waals surface area contributed by atoms with Gasteiger partial charge in [0.25, 0.3) is 5.91 Å². The molecule has 1 saturated heterocycles. The Morgan fingerprint density at radius 1 is 1.36 bits per heavy atom. The van der Waals surface area contributed by atoms with Crippen LogP contribution in [0.3, 0.4) is 0 Å². The number of hydrogen-bond donors (Lipinski definition) is 1. The highest BCUT2D eigenvalue weighted by molar-refractivity contribution is 5.93. The Bertz CT molecular complexity index is 511.